The van der Waals surface area contributed by atoms with Gasteiger partial charge in [0.15, 0.2) is 0 Å². The third-order valence-corrected chi connectivity index (χ3v) is 6.29. The fraction of sp³-hybridized carbons (Fsp3) is 0.184. The number of carbonyl (C=O) groups excluding carboxylic acids is 4. The monoisotopic (exact) mass is 651 g/mol. The zero-order valence-corrected chi connectivity index (χ0v) is 26.7. The first kappa shape index (κ1) is 36.4. The van der Waals surface area contributed by atoms with Gasteiger partial charge < -0.3 is 23.7 Å². The summed E-state index contributed by atoms with van der Waals surface area (Å²) in [5.41, 5.74) is 1.90. The number of benzene rings is 3. The Morgan fingerprint density at radius 2 is 1.29 bits per heavy atom. The first-order valence-electron chi connectivity index (χ1n) is 15.1. The second-order valence-corrected chi connectivity index (χ2v) is 9.90. The van der Waals surface area contributed by atoms with Crippen LogP contribution >= 0.6 is 0 Å². The highest BCUT2D eigenvalue weighted by atomic mass is 16.5. The summed E-state index contributed by atoms with van der Waals surface area (Å²) in [5.74, 6) is -0.872. The number of aliphatic imine (C=N–C) groups is 1. The van der Waals surface area contributed by atoms with Crippen LogP contribution in [0.2, 0.25) is 0 Å². The van der Waals surface area contributed by atoms with Crippen LogP contribution in [0.1, 0.15) is 46.0 Å². The second kappa shape index (κ2) is 20.2. The van der Waals surface area contributed by atoms with Gasteiger partial charge in [-0.25, -0.2) is 19.2 Å². The van der Waals surface area contributed by atoms with E-state index in [1.165, 1.54) is 36.6 Å². The van der Waals surface area contributed by atoms with Crippen LogP contribution in [-0.2, 0) is 25.6 Å². The van der Waals surface area contributed by atoms with Gasteiger partial charge in [0.1, 0.15) is 23.9 Å². The molecule has 0 heterocycles. The van der Waals surface area contributed by atoms with Crippen LogP contribution < -0.4 is 14.2 Å². The van der Waals surface area contributed by atoms with Gasteiger partial charge in [0, 0.05) is 12.3 Å². The Kier molecular flexibility index (Phi) is 15.3. The lowest BCUT2D eigenvalue weighted by Gasteiger charge is -2.09. The number of allylic oxidation sites excluding steroid dienone is 2. The minimum Gasteiger partial charge on any atom is -0.494 e. The van der Waals surface area contributed by atoms with Gasteiger partial charge in [0.05, 0.1) is 36.5 Å². The highest BCUT2D eigenvalue weighted by Gasteiger charge is 2.12. The molecule has 0 aliphatic rings. The normalized spacial score (nSPS) is 11.1. The molecular formula is C38H37NO9. The molecule has 0 fully saturated rings. The molecule has 0 bridgehead atoms. The van der Waals surface area contributed by atoms with Gasteiger partial charge in [0.25, 0.3) is 0 Å². The van der Waals surface area contributed by atoms with Gasteiger partial charge in [-0.2, -0.15) is 0 Å². The van der Waals surface area contributed by atoms with E-state index < -0.39 is 23.9 Å². The molecule has 48 heavy (non-hydrogen) atoms. The fourth-order valence-corrected chi connectivity index (χ4v) is 3.85. The Labute approximate surface area is 279 Å². The number of nitrogens with zero attached hydrogens (tertiary/aromatic N) is 1. The topological polar surface area (TPSA) is 127 Å². The number of hydrogen-bond acceptors (Lipinski definition) is 10. The summed E-state index contributed by atoms with van der Waals surface area (Å²) in [4.78, 5) is 52.6. The lowest BCUT2D eigenvalue weighted by molar-refractivity contribution is -0.138. The van der Waals surface area contributed by atoms with Crippen molar-refractivity contribution in [2.24, 2.45) is 4.99 Å². The minimum atomic E-state index is -0.556. The largest absolute Gasteiger partial charge is 0.494 e. The summed E-state index contributed by atoms with van der Waals surface area (Å²) in [6, 6.07) is 19.4. The van der Waals surface area contributed by atoms with Crippen LogP contribution in [0.5, 0.6) is 17.2 Å². The van der Waals surface area contributed by atoms with Crippen molar-refractivity contribution < 1.29 is 42.9 Å². The van der Waals surface area contributed by atoms with Crippen molar-refractivity contribution in [3.8, 4) is 17.2 Å². The first-order valence-corrected chi connectivity index (χ1v) is 15.1. The number of ether oxygens (including phenoxy) is 5. The summed E-state index contributed by atoms with van der Waals surface area (Å²) in [7, 11) is 0. The third kappa shape index (κ3) is 12.8. The molecule has 0 spiro atoms. The molecule has 10 nitrogen and oxygen atoms in total. The van der Waals surface area contributed by atoms with Crippen LogP contribution in [0.15, 0.2) is 127 Å². The molecule has 3 aromatic rings. The molecule has 0 aliphatic carbocycles. The predicted octanol–water partition coefficient (Wildman–Crippen LogP) is 6.82. The molecule has 0 saturated heterocycles. The number of unbranched alkanes of at least 4 members (excludes halogenated alkanes) is 1. The molecule has 0 amide bonds. The van der Waals surface area contributed by atoms with E-state index in [0.29, 0.717) is 55.0 Å². The molecule has 10 heteroatoms. The van der Waals surface area contributed by atoms with Gasteiger partial charge in [0.2, 0.25) is 0 Å². The van der Waals surface area contributed by atoms with Crippen LogP contribution in [0.3, 0.4) is 0 Å². The fourth-order valence-electron chi connectivity index (χ4n) is 3.85. The van der Waals surface area contributed by atoms with E-state index in [9.17, 15) is 19.2 Å². The highest BCUT2D eigenvalue weighted by molar-refractivity contribution is 5.96. The van der Waals surface area contributed by atoms with Gasteiger partial charge in [-0.15, -0.1) is 0 Å². The molecule has 248 valence electrons. The first-order chi connectivity index (χ1) is 23.3. The zero-order valence-electron chi connectivity index (χ0n) is 26.7. The number of hydrogen-bond donors (Lipinski definition) is 0. The summed E-state index contributed by atoms with van der Waals surface area (Å²) in [6.07, 6.45) is 10.4. The molecular weight excluding hydrogens is 614 g/mol. The lowest BCUT2D eigenvalue weighted by atomic mass is 10.1. The summed E-state index contributed by atoms with van der Waals surface area (Å²) >= 11 is 0. The van der Waals surface area contributed by atoms with Crippen LogP contribution in [0, 0.1) is 0 Å². The Balaban J connectivity index is 1.44. The van der Waals surface area contributed by atoms with E-state index in [4.69, 9.17) is 23.7 Å². The number of carbonyl (C=O) groups is 4. The van der Waals surface area contributed by atoms with Gasteiger partial charge >= 0.3 is 23.9 Å². The Hall–Kier alpha value is -6.03. The number of rotatable bonds is 18. The van der Waals surface area contributed by atoms with Crippen molar-refractivity contribution in [1.82, 2.24) is 0 Å². The van der Waals surface area contributed by atoms with Gasteiger partial charge in [-0.3, -0.25) is 4.99 Å². The Morgan fingerprint density at radius 1 is 0.729 bits per heavy atom. The molecule has 3 rings (SSSR count). The summed E-state index contributed by atoms with van der Waals surface area (Å²) in [5, 5.41) is 0. The van der Waals surface area contributed by atoms with Gasteiger partial charge in [-0.1, -0.05) is 43.5 Å². The molecule has 0 saturated carbocycles. The Morgan fingerprint density at radius 3 is 1.85 bits per heavy atom. The summed E-state index contributed by atoms with van der Waals surface area (Å²) < 4.78 is 26.5. The molecule has 0 aromatic heterocycles. The van der Waals surface area contributed by atoms with Crippen molar-refractivity contribution in [3.63, 3.8) is 0 Å². The second-order valence-electron chi connectivity index (χ2n) is 9.90. The van der Waals surface area contributed by atoms with E-state index in [2.05, 4.69) is 18.2 Å². The van der Waals surface area contributed by atoms with Crippen LogP contribution in [0.4, 0.5) is 0 Å². The highest BCUT2D eigenvalue weighted by Crippen LogP contribution is 2.21. The van der Waals surface area contributed by atoms with Crippen LogP contribution in [0.25, 0.3) is 0 Å². The standard InChI is InChI=1S/C38H37NO9/c1-4-9-29(36(41)46-24-5-2)22-23-39-27-28-10-12-30(13-11-28)37(42)47-33-18-20-34(21-19-33)48-38(43)31-14-16-32(17-15-31)44-25-7-8-26-45-35(40)6-3/h4-6,9-23H,2-3,7-8,24-27H2,1H3/b9-4-,29-22+,39-23+. The van der Waals surface area contributed by atoms with Crippen molar-refractivity contribution in [3.05, 3.63) is 139 Å². The molecule has 0 unspecified atom stereocenters. The van der Waals surface area contributed by atoms with E-state index in [0.717, 1.165) is 11.6 Å². The van der Waals surface area contributed by atoms with E-state index in [1.807, 2.05) is 0 Å². The van der Waals surface area contributed by atoms with Gasteiger partial charge in [-0.05, 0) is 92.1 Å². The Bertz CT molecular complexity index is 1630. The predicted molar refractivity (Wildman–Crippen MR) is 181 cm³/mol. The van der Waals surface area contributed by atoms with Crippen molar-refractivity contribution in [1.29, 1.82) is 0 Å². The maximum atomic E-state index is 12.7. The van der Waals surface area contributed by atoms with Crippen molar-refractivity contribution in [2.45, 2.75) is 26.3 Å². The molecule has 3 aromatic carbocycles. The van der Waals surface area contributed by atoms with E-state index in [1.54, 1.807) is 73.7 Å². The molecule has 0 aliphatic heterocycles. The minimum absolute atomic E-state index is 0.122. The number of esters is 4. The maximum Gasteiger partial charge on any atom is 0.343 e. The smallest absolute Gasteiger partial charge is 0.343 e. The molecule has 0 N–H and O–H groups in total. The molecule has 0 radical (unpaired) electrons. The quantitative estimate of drug-likeness (QED) is 0.0277. The van der Waals surface area contributed by atoms with Crippen molar-refractivity contribution >= 4 is 30.1 Å². The van der Waals surface area contributed by atoms with E-state index >= 15 is 0 Å². The van der Waals surface area contributed by atoms with Crippen LogP contribution in [-0.4, -0.2) is 49.9 Å². The maximum absolute atomic E-state index is 12.7. The summed E-state index contributed by atoms with van der Waals surface area (Å²) in [6.45, 7) is 9.85. The van der Waals surface area contributed by atoms with Crippen molar-refractivity contribution in [2.75, 3.05) is 19.8 Å². The van der Waals surface area contributed by atoms with E-state index in [-0.39, 0.29) is 18.1 Å². The lowest BCUT2D eigenvalue weighted by Crippen LogP contribution is -2.10. The zero-order chi connectivity index (χ0) is 34.6. The average Bonchev–Trinajstić information content (AvgIpc) is 3.11. The SMILES string of the molecule is C=CCOC(=O)C(/C=C\C)=C/C=N/Cc1ccc(C(=O)Oc2ccc(OC(=O)c3ccc(OCCCCOC(=O)C=C)cc3)cc2)cc1. The third-order valence-electron chi connectivity index (χ3n) is 6.29. The average molecular weight is 652 g/mol. The molecule has 0 atom stereocenters.